The Morgan fingerprint density at radius 3 is 2.48 bits per heavy atom. The summed E-state index contributed by atoms with van der Waals surface area (Å²) in [5.74, 6) is 2.15. The van der Waals surface area contributed by atoms with Crippen LogP contribution in [0.5, 0.6) is 11.5 Å². The van der Waals surface area contributed by atoms with Crippen LogP contribution in [0.4, 0.5) is 11.8 Å². The predicted octanol–water partition coefficient (Wildman–Crippen LogP) is 5.10. The number of aromatic nitrogens is 3. The number of hydrogen-bond donors (Lipinski definition) is 3. The molecule has 1 saturated carbocycles. The minimum atomic E-state index is -0.261. The molecule has 2 atom stereocenters. The molecule has 1 amide bonds. The molecule has 1 saturated heterocycles. The van der Waals surface area contributed by atoms with E-state index in [2.05, 4.69) is 27.5 Å². The van der Waals surface area contributed by atoms with Gasteiger partial charge in [0, 0.05) is 29.8 Å². The highest BCUT2D eigenvalue weighted by Gasteiger charge is 2.30. The van der Waals surface area contributed by atoms with Gasteiger partial charge in [-0.3, -0.25) is 4.79 Å². The van der Waals surface area contributed by atoms with Crippen molar-refractivity contribution in [2.24, 2.45) is 5.92 Å². The van der Waals surface area contributed by atoms with E-state index in [-0.39, 0.29) is 18.0 Å². The van der Waals surface area contributed by atoms with E-state index in [1.807, 2.05) is 6.07 Å². The zero-order valence-electron chi connectivity index (χ0n) is 22.4. The maximum absolute atomic E-state index is 11.8. The number of pyridine rings is 1. The maximum Gasteiger partial charge on any atom is 0.243 e. The van der Waals surface area contributed by atoms with E-state index in [0.29, 0.717) is 69.2 Å². The van der Waals surface area contributed by atoms with Crippen molar-refractivity contribution in [3.63, 3.8) is 0 Å². The molecule has 1 aromatic carbocycles. The predicted molar refractivity (Wildman–Crippen MR) is 157 cm³/mol. The third-order valence-corrected chi connectivity index (χ3v) is 8.09. The molecule has 10 nitrogen and oxygen atoms in total. The van der Waals surface area contributed by atoms with Gasteiger partial charge >= 0.3 is 0 Å². The smallest absolute Gasteiger partial charge is 0.243 e. The van der Waals surface area contributed by atoms with Crippen molar-refractivity contribution in [3.8, 4) is 22.8 Å². The zero-order chi connectivity index (χ0) is 28.2. The number of carbonyl (C=O) groups is 1. The lowest BCUT2D eigenvalue weighted by atomic mass is 10.1. The molecule has 0 radical (unpaired) electrons. The Labute approximate surface area is 242 Å². The highest BCUT2D eigenvalue weighted by molar-refractivity contribution is 6.41. The van der Waals surface area contributed by atoms with Gasteiger partial charge in [-0.2, -0.15) is 0 Å². The molecule has 1 unspecified atom stereocenters. The molecule has 212 valence electrons. The Bertz CT molecular complexity index is 1390. The SMILES string of the molecule is C=CC(=O)N[C@H]1COCC1Nc1ncc2cc(-c3c(Cl)c(OC)cc(OC)c3Cl)nc(NCC3CCCC3)c2n1. The molecule has 1 aliphatic carbocycles. The number of nitrogens with zero attached hydrogens (tertiary/aromatic N) is 3. The molecule has 3 heterocycles. The number of nitrogens with one attached hydrogen (secondary N) is 3. The first-order valence-electron chi connectivity index (χ1n) is 13.2. The zero-order valence-corrected chi connectivity index (χ0v) is 23.9. The van der Waals surface area contributed by atoms with Gasteiger partial charge in [-0.15, -0.1) is 0 Å². The van der Waals surface area contributed by atoms with E-state index < -0.39 is 0 Å². The van der Waals surface area contributed by atoms with Gasteiger partial charge in [-0.25, -0.2) is 15.0 Å². The average molecular weight is 588 g/mol. The number of ether oxygens (including phenoxy) is 3. The highest BCUT2D eigenvalue weighted by Crippen LogP contribution is 2.46. The number of rotatable bonds is 10. The lowest BCUT2D eigenvalue weighted by molar-refractivity contribution is -0.117. The monoisotopic (exact) mass is 586 g/mol. The topological polar surface area (TPSA) is 120 Å². The first kappa shape index (κ1) is 28.2. The number of fused-ring (bicyclic) bond motifs is 1. The number of benzene rings is 1. The summed E-state index contributed by atoms with van der Waals surface area (Å²) in [5.41, 5.74) is 1.68. The van der Waals surface area contributed by atoms with Gasteiger partial charge < -0.3 is 30.2 Å². The van der Waals surface area contributed by atoms with E-state index in [9.17, 15) is 4.79 Å². The van der Waals surface area contributed by atoms with Crippen LogP contribution in [0, 0.1) is 5.92 Å². The van der Waals surface area contributed by atoms with Gasteiger partial charge in [0.1, 0.15) is 17.0 Å². The van der Waals surface area contributed by atoms with Crippen molar-refractivity contribution < 1.29 is 19.0 Å². The number of anilines is 2. The highest BCUT2D eigenvalue weighted by atomic mass is 35.5. The second kappa shape index (κ2) is 12.4. The first-order valence-corrected chi connectivity index (χ1v) is 14.0. The van der Waals surface area contributed by atoms with Crippen LogP contribution in [0.2, 0.25) is 10.0 Å². The van der Waals surface area contributed by atoms with Gasteiger partial charge in [-0.1, -0.05) is 42.6 Å². The van der Waals surface area contributed by atoms with E-state index in [4.69, 9.17) is 47.4 Å². The third-order valence-electron chi connectivity index (χ3n) is 7.34. The average Bonchev–Trinajstić information content (AvgIpc) is 3.64. The molecule has 3 N–H and O–H groups in total. The lowest BCUT2D eigenvalue weighted by Gasteiger charge is -2.20. The van der Waals surface area contributed by atoms with Crippen molar-refractivity contribution in [3.05, 3.63) is 41.0 Å². The Kier molecular flexibility index (Phi) is 8.78. The van der Waals surface area contributed by atoms with Crippen LogP contribution in [-0.4, -0.2) is 66.9 Å². The van der Waals surface area contributed by atoms with Crippen molar-refractivity contribution in [2.75, 3.05) is 44.6 Å². The van der Waals surface area contributed by atoms with E-state index >= 15 is 0 Å². The molecule has 2 fully saturated rings. The Hall–Kier alpha value is -3.34. The molecular weight excluding hydrogens is 555 g/mol. The summed E-state index contributed by atoms with van der Waals surface area (Å²) in [6, 6.07) is 3.05. The molecular formula is C28H32Cl2N6O4. The summed E-state index contributed by atoms with van der Waals surface area (Å²) in [5, 5.41) is 11.1. The fourth-order valence-electron chi connectivity index (χ4n) is 5.17. The molecule has 2 aliphatic rings. The van der Waals surface area contributed by atoms with Crippen LogP contribution < -0.4 is 25.4 Å². The first-order chi connectivity index (χ1) is 19.4. The number of hydrogen-bond acceptors (Lipinski definition) is 9. The Balaban J connectivity index is 1.54. The van der Waals surface area contributed by atoms with Gasteiger partial charge in [-0.05, 0) is 30.9 Å². The summed E-state index contributed by atoms with van der Waals surface area (Å²) in [6.45, 7) is 5.08. The Morgan fingerprint density at radius 1 is 1.10 bits per heavy atom. The molecule has 3 aromatic rings. The van der Waals surface area contributed by atoms with E-state index in [1.165, 1.54) is 46.0 Å². The second-order valence-electron chi connectivity index (χ2n) is 9.91. The van der Waals surface area contributed by atoms with Crippen molar-refractivity contribution in [1.82, 2.24) is 20.3 Å². The molecule has 12 heteroatoms. The van der Waals surface area contributed by atoms with Crippen LogP contribution in [0.3, 0.4) is 0 Å². The van der Waals surface area contributed by atoms with E-state index in [0.717, 1.165) is 11.9 Å². The minimum Gasteiger partial charge on any atom is -0.495 e. The molecule has 40 heavy (non-hydrogen) atoms. The molecule has 5 rings (SSSR count). The summed E-state index contributed by atoms with van der Waals surface area (Å²) in [6.07, 6.45) is 7.79. The largest absolute Gasteiger partial charge is 0.495 e. The van der Waals surface area contributed by atoms with Gasteiger partial charge in [0.15, 0.2) is 5.82 Å². The standard InChI is InChI=1S/C28H32Cl2N6O4/c1-4-22(37)33-18-13-40-14-19(18)35-28-32-12-16-9-17(23-24(29)20(38-2)10-21(39-3)25(23)30)34-27(26(16)36-28)31-11-15-7-5-6-8-15/h4,9-10,12,15,18-19H,1,5-8,11,13-14H2,2-3H3,(H,31,34)(H,33,37)(H,32,35,36)/t18-,19?/m0/s1. The molecule has 0 spiro atoms. The van der Waals surface area contributed by atoms with Crippen LogP contribution >= 0.6 is 23.2 Å². The molecule has 0 bridgehead atoms. The van der Waals surface area contributed by atoms with E-state index in [1.54, 1.807) is 12.3 Å². The lowest BCUT2D eigenvalue weighted by Crippen LogP contribution is -2.45. The van der Waals surface area contributed by atoms with Crippen LogP contribution in [0.15, 0.2) is 31.0 Å². The Morgan fingerprint density at radius 2 is 1.80 bits per heavy atom. The maximum atomic E-state index is 11.8. The minimum absolute atomic E-state index is 0.203. The van der Waals surface area contributed by atoms with Crippen molar-refractivity contribution >= 4 is 51.8 Å². The summed E-state index contributed by atoms with van der Waals surface area (Å²) >= 11 is 13.5. The van der Waals surface area contributed by atoms with Crippen LogP contribution in [-0.2, 0) is 9.53 Å². The second-order valence-corrected chi connectivity index (χ2v) is 10.7. The van der Waals surface area contributed by atoms with Gasteiger partial charge in [0.05, 0.1) is 55.3 Å². The van der Waals surface area contributed by atoms with Crippen molar-refractivity contribution in [1.29, 1.82) is 0 Å². The van der Waals surface area contributed by atoms with Gasteiger partial charge in [0.25, 0.3) is 0 Å². The number of methoxy groups -OCH3 is 2. The van der Waals surface area contributed by atoms with Gasteiger partial charge in [0.2, 0.25) is 11.9 Å². The van der Waals surface area contributed by atoms with Crippen LogP contribution in [0.1, 0.15) is 25.7 Å². The number of halogens is 2. The van der Waals surface area contributed by atoms with Crippen molar-refractivity contribution in [2.45, 2.75) is 37.8 Å². The third kappa shape index (κ3) is 5.89. The fraction of sp³-hybridized carbons (Fsp3) is 0.429. The quantitative estimate of drug-likeness (QED) is 0.279. The number of carbonyl (C=O) groups excluding carboxylic acids is 1. The summed E-state index contributed by atoms with van der Waals surface area (Å²) in [7, 11) is 3.07. The molecule has 2 aromatic heterocycles. The van der Waals surface area contributed by atoms with Crippen LogP contribution in [0.25, 0.3) is 22.2 Å². The molecule has 1 aliphatic heterocycles. The normalized spacial score (nSPS) is 19.0. The number of amides is 1. The summed E-state index contributed by atoms with van der Waals surface area (Å²) in [4.78, 5) is 26.2. The fourth-order valence-corrected chi connectivity index (χ4v) is 5.87. The summed E-state index contributed by atoms with van der Waals surface area (Å²) < 4.78 is 16.5.